The van der Waals surface area contributed by atoms with E-state index in [0.717, 1.165) is 31.2 Å². The van der Waals surface area contributed by atoms with Crippen molar-refractivity contribution in [2.75, 3.05) is 6.79 Å². The summed E-state index contributed by atoms with van der Waals surface area (Å²) in [7, 11) is 0. The summed E-state index contributed by atoms with van der Waals surface area (Å²) < 4.78 is 10.8. The number of carbonyl (C=O) groups is 2. The zero-order valence-electron chi connectivity index (χ0n) is 19.3. The molecule has 4 rings (SSSR count). The molecule has 0 spiro atoms. The molecule has 6 nitrogen and oxygen atoms in total. The van der Waals surface area contributed by atoms with Crippen molar-refractivity contribution in [2.24, 2.45) is 0 Å². The van der Waals surface area contributed by atoms with E-state index in [0.29, 0.717) is 33.5 Å². The van der Waals surface area contributed by atoms with Crippen molar-refractivity contribution < 1.29 is 19.1 Å². The van der Waals surface area contributed by atoms with Gasteiger partial charge in [-0.05, 0) is 56.0 Å². The minimum atomic E-state index is -0.654. The quantitative estimate of drug-likeness (QED) is 0.513. The van der Waals surface area contributed by atoms with Crippen LogP contribution >= 0.6 is 23.2 Å². The standard InChI is InChI=1S/C26H30Cl2N2O4/c1-17(26(32)29-19-6-3-2-4-7-19)30(15-20-21(27)8-5-9-22(20)28)25(31)13-11-18-10-12-23-24(14-18)34-16-33-23/h5,8-10,12,14,17,19H,2-4,6-7,11,13,15-16H2,1H3,(H,29,32)/t17-/m0/s1. The lowest BCUT2D eigenvalue weighted by Crippen LogP contribution is -2.50. The minimum Gasteiger partial charge on any atom is -0.454 e. The fourth-order valence-corrected chi connectivity index (χ4v) is 5.01. The first kappa shape index (κ1) is 24.7. The van der Waals surface area contributed by atoms with Crippen LogP contribution in [-0.2, 0) is 22.6 Å². The second-order valence-corrected chi connectivity index (χ2v) is 9.74. The third kappa shape index (κ3) is 5.97. The van der Waals surface area contributed by atoms with Crippen LogP contribution in [0.4, 0.5) is 0 Å². The Labute approximate surface area is 210 Å². The van der Waals surface area contributed by atoms with Gasteiger partial charge in [0.1, 0.15) is 6.04 Å². The number of hydrogen-bond acceptors (Lipinski definition) is 4. The first-order valence-electron chi connectivity index (χ1n) is 11.8. The van der Waals surface area contributed by atoms with Gasteiger partial charge in [0.05, 0.1) is 0 Å². The second kappa shape index (κ2) is 11.3. The lowest BCUT2D eigenvalue weighted by atomic mass is 9.95. The zero-order chi connectivity index (χ0) is 24.1. The Hall–Kier alpha value is -2.44. The molecule has 2 aliphatic rings. The van der Waals surface area contributed by atoms with Crippen LogP contribution < -0.4 is 14.8 Å². The molecule has 1 saturated carbocycles. The maximum absolute atomic E-state index is 13.4. The van der Waals surface area contributed by atoms with E-state index in [1.165, 1.54) is 6.42 Å². The van der Waals surface area contributed by atoms with Gasteiger partial charge in [0.2, 0.25) is 18.6 Å². The Morgan fingerprint density at radius 3 is 2.50 bits per heavy atom. The maximum atomic E-state index is 13.4. The summed E-state index contributed by atoms with van der Waals surface area (Å²) in [6, 6.07) is 10.4. The maximum Gasteiger partial charge on any atom is 0.242 e. The molecule has 0 aromatic heterocycles. The molecule has 0 bridgehead atoms. The lowest BCUT2D eigenvalue weighted by Gasteiger charge is -2.31. The molecule has 182 valence electrons. The number of ether oxygens (including phenoxy) is 2. The molecule has 1 atom stereocenters. The third-order valence-electron chi connectivity index (χ3n) is 6.57. The summed E-state index contributed by atoms with van der Waals surface area (Å²) in [5, 5.41) is 4.09. The molecular weight excluding hydrogens is 475 g/mol. The molecule has 1 aliphatic carbocycles. The van der Waals surface area contributed by atoms with Gasteiger partial charge in [-0.2, -0.15) is 0 Å². The van der Waals surface area contributed by atoms with Crippen LogP contribution in [0.1, 0.15) is 56.6 Å². The van der Waals surface area contributed by atoms with Crippen LogP contribution in [-0.4, -0.2) is 35.6 Å². The molecule has 1 N–H and O–H groups in total. The van der Waals surface area contributed by atoms with Crippen LogP contribution in [0, 0.1) is 0 Å². The summed E-state index contributed by atoms with van der Waals surface area (Å²) in [6.07, 6.45) is 6.15. The first-order valence-corrected chi connectivity index (χ1v) is 12.6. The van der Waals surface area contributed by atoms with Gasteiger partial charge >= 0.3 is 0 Å². The van der Waals surface area contributed by atoms with Crippen LogP contribution in [0.2, 0.25) is 10.0 Å². The van der Waals surface area contributed by atoms with E-state index in [-0.39, 0.29) is 37.6 Å². The third-order valence-corrected chi connectivity index (χ3v) is 7.28. The minimum absolute atomic E-state index is 0.139. The normalized spacial score (nSPS) is 16.2. The van der Waals surface area contributed by atoms with E-state index in [2.05, 4.69) is 5.32 Å². The van der Waals surface area contributed by atoms with E-state index in [1.54, 1.807) is 30.0 Å². The van der Waals surface area contributed by atoms with Crippen molar-refractivity contribution in [3.8, 4) is 11.5 Å². The molecule has 34 heavy (non-hydrogen) atoms. The van der Waals surface area contributed by atoms with Crippen molar-refractivity contribution in [3.63, 3.8) is 0 Å². The van der Waals surface area contributed by atoms with Crippen molar-refractivity contribution in [1.29, 1.82) is 0 Å². The first-order chi connectivity index (χ1) is 16.4. The Morgan fingerprint density at radius 1 is 1.06 bits per heavy atom. The molecule has 2 aromatic rings. The SMILES string of the molecule is C[C@@H](C(=O)NC1CCCCC1)N(Cc1c(Cl)cccc1Cl)C(=O)CCc1ccc2c(c1)OCO2. The summed E-state index contributed by atoms with van der Waals surface area (Å²) in [4.78, 5) is 28.1. The average molecular weight is 505 g/mol. The molecule has 1 fully saturated rings. The highest BCUT2D eigenvalue weighted by Gasteiger charge is 2.29. The second-order valence-electron chi connectivity index (χ2n) is 8.93. The number of halogens is 2. The molecule has 1 heterocycles. The molecule has 2 amide bonds. The number of nitrogens with one attached hydrogen (secondary N) is 1. The van der Waals surface area contributed by atoms with E-state index in [4.69, 9.17) is 32.7 Å². The van der Waals surface area contributed by atoms with Gasteiger partial charge in [0.15, 0.2) is 11.5 Å². The Bertz CT molecular complexity index is 1020. The van der Waals surface area contributed by atoms with Gasteiger partial charge in [0.25, 0.3) is 0 Å². The number of carbonyl (C=O) groups excluding carboxylic acids is 2. The highest BCUT2D eigenvalue weighted by Crippen LogP contribution is 2.33. The highest BCUT2D eigenvalue weighted by atomic mass is 35.5. The van der Waals surface area contributed by atoms with Crippen LogP contribution in [0.25, 0.3) is 0 Å². The fourth-order valence-electron chi connectivity index (χ4n) is 4.50. The largest absolute Gasteiger partial charge is 0.454 e. The number of aryl methyl sites for hydroxylation is 1. The van der Waals surface area contributed by atoms with Crippen molar-refractivity contribution >= 4 is 35.0 Å². The van der Waals surface area contributed by atoms with Crippen LogP contribution in [0.15, 0.2) is 36.4 Å². The van der Waals surface area contributed by atoms with Gasteiger partial charge in [-0.15, -0.1) is 0 Å². The van der Waals surface area contributed by atoms with Crippen LogP contribution in [0.5, 0.6) is 11.5 Å². The van der Waals surface area contributed by atoms with Gasteiger partial charge in [0, 0.05) is 34.6 Å². The number of benzene rings is 2. The van der Waals surface area contributed by atoms with Crippen molar-refractivity contribution in [3.05, 3.63) is 57.6 Å². The highest BCUT2D eigenvalue weighted by molar-refractivity contribution is 6.36. The zero-order valence-corrected chi connectivity index (χ0v) is 20.8. The van der Waals surface area contributed by atoms with Crippen LogP contribution in [0.3, 0.4) is 0 Å². The monoisotopic (exact) mass is 504 g/mol. The van der Waals surface area contributed by atoms with E-state index in [9.17, 15) is 9.59 Å². The summed E-state index contributed by atoms with van der Waals surface area (Å²) in [6.45, 7) is 2.14. The van der Waals surface area contributed by atoms with Gasteiger partial charge in [-0.1, -0.05) is 54.6 Å². The fraction of sp³-hybridized carbons (Fsp3) is 0.462. The molecule has 8 heteroatoms. The average Bonchev–Trinajstić information content (AvgIpc) is 3.30. The summed E-state index contributed by atoms with van der Waals surface area (Å²) in [5.74, 6) is 1.11. The molecule has 0 radical (unpaired) electrons. The topological polar surface area (TPSA) is 67.9 Å². The number of amides is 2. The van der Waals surface area contributed by atoms with Crippen molar-refractivity contribution in [2.45, 2.75) is 70.5 Å². The lowest BCUT2D eigenvalue weighted by molar-refractivity contribution is -0.141. The molecule has 1 aliphatic heterocycles. The summed E-state index contributed by atoms with van der Waals surface area (Å²) in [5.41, 5.74) is 1.60. The van der Waals surface area contributed by atoms with Crippen molar-refractivity contribution in [1.82, 2.24) is 10.2 Å². The predicted molar refractivity (Wildman–Crippen MR) is 132 cm³/mol. The number of hydrogen-bond donors (Lipinski definition) is 1. The Balaban J connectivity index is 1.48. The molecule has 0 saturated heterocycles. The number of rotatable bonds is 8. The smallest absolute Gasteiger partial charge is 0.242 e. The molecule has 2 aromatic carbocycles. The number of fused-ring (bicyclic) bond motifs is 1. The predicted octanol–water partition coefficient (Wildman–Crippen LogP) is 5.52. The Morgan fingerprint density at radius 2 is 1.76 bits per heavy atom. The molecule has 0 unspecified atom stereocenters. The Kier molecular flexibility index (Phi) is 8.22. The molecular formula is C26H30Cl2N2O4. The van der Waals surface area contributed by atoms with E-state index < -0.39 is 6.04 Å². The van der Waals surface area contributed by atoms with Gasteiger partial charge in [-0.3, -0.25) is 9.59 Å². The van der Waals surface area contributed by atoms with E-state index in [1.807, 2.05) is 18.2 Å². The van der Waals surface area contributed by atoms with Gasteiger partial charge in [-0.25, -0.2) is 0 Å². The summed E-state index contributed by atoms with van der Waals surface area (Å²) >= 11 is 12.8. The van der Waals surface area contributed by atoms with E-state index >= 15 is 0 Å². The van der Waals surface area contributed by atoms with Gasteiger partial charge < -0.3 is 19.7 Å². The number of nitrogens with zero attached hydrogens (tertiary/aromatic N) is 1.